The molecule has 1 aromatic carbocycles. The molecule has 2 N–H and O–H groups in total. The van der Waals surface area contributed by atoms with Gasteiger partial charge in [-0.15, -0.1) is 10.2 Å². The molecular formula is C15H17FN6S. The van der Waals surface area contributed by atoms with E-state index in [1.165, 1.54) is 23.9 Å². The van der Waals surface area contributed by atoms with Gasteiger partial charge in [-0.1, -0.05) is 17.8 Å². The second kappa shape index (κ2) is 6.41. The van der Waals surface area contributed by atoms with Gasteiger partial charge in [0.05, 0.1) is 11.4 Å². The molecule has 3 aromatic rings. The molecule has 2 heterocycles. The quantitative estimate of drug-likeness (QED) is 0.727. The minimum absolute atomic E-state index is 0.192. The predicted molar refractivity (Wildman–Crippen MR) is 87.9 cm³/mol. The fraction of sp³-hybridized carbons (Fsp3) is 0.267. The number of nitrogen functional groups attached to an aromatic ring is 1. The van der Waals surface area contributed by atoms with Crippen LogP contribution in [-0.2, 0) is 5.75 Å². The van der Waals surface area contributed by atoms with Crippen molar-refractivity contribution < 1.29 is 4.39 Å². The highest BCUT2D eigenvalue weighted by Crippen LogP contribution is 2.25. The summed E-state index contributed by atoms with van der Waals surface area (Å²) in [4.78, 5) is 0. The van der Waals surface area contributed by atoms with Crippen molar-refractivity contribution in [1.82, 2.24) is 24.5 Å². The van der Waals surface area contributed by atoms with E-state index >= 15 is 0 Å². The molecule has 0 aliphatic rings. The lowest BCUT2D eigenvalue weighted by atomic mass is 10.3. The van der Waals surface area contributed by atoms with Crippen molar-refractivity contribution in [1.29, 1.82) is 0 Å². The number of nitrogens with zero attached hydrogens (tertiary/aromatic N) is 5. The van der Waals surface area contributed by atoms with Crippen LogP contribution in [0.3, 0.4) is 0 Å². The SMILES string of the molecule is CC(C)n1c(N)nnc1SCc1ccn(-c2cccc(F)c2)n1. The minimum atomic E-state index is -0.283. The summed E-state index contributed by atoms with van der Waals surface area (Å²) in [5, 5.41) is 13.2. The molecule has 0 spiro atoms. The van der Waals surface area contributed by atoms with Crippen LogP contribution in [0.1, 0.15) is 25.6 Å². The topological polar surface area (TPSA) is 74.6 Å². The van der Waals surface area contributed by atoms with Gasteiger partial charge < -0.3 is 5.73 Å². The maximum absolute atomic E-state index is 13.3. The number of benzene rings is 1. The van der Waals surface area contributed by atoms with Gasteiger partial charge in [0, 0.05) is 18.0 Å². The minimum Gasteiger partial charge on any atom is -0.368 e. The Hall–Kier alpha value is -2.35. The molecule has 0 aliphatic heterocycles. The number of anilines is 1. The second-order valence-electron chi connectivity index (χ2n) is 5.32. The van der Waals surface area contributed by atoms with Crippen molar-refractivity contribution in [2.24, 2.45) is 0 Å². The smallest absolute Gasteiger partial charge is 0.222 e. The fourth-order valence-electron chi connectivity index (χ4n) is 2.21. The van der Waals surface area contributed by atoms with E-state index in [4.69, 9.17) is 5.73 Å². The van der Waals surface area contributed by atoms with E-state index in [1.54, 1.807) is 10.7 Å². The van der Waals surface area contributed by atoms with E-state index in [0.717, 1.165) is 10.9 Å². The molecule has 0 bridgehead atoms. The van der Waals surface area contributed by atoms with Crippen molar-refractivity contribution in [3.05, 3.63) is 48.0 Å². The Kier molecular flexibility index (Phi) is 4.33. The summed E-state index contributed by atoms with van der Waals surface area (Å²) >= 11 is 1.52. The summed E-state index contributed by atoms with van der Waals surface area (Å²) < 4.78 is 16.8. The Morgan fingerprint density at radius 2 is 2.09 bits per heavy atom. The summed E-state index contributed by atoms with van der Waals surface area (Å²) in [6.07, 6.45) is 1.81. The zero-order valence-corrected chi connectivity index (χ0v) is 13.7. The van der Waals surface area contributed by atoms with Gasteiger partial charge in [0.15, 0.2) is 5.16 Å². The molecule has 0 unspecified atom stereocenters. The molecule has 0 aliphatic carbocycles. The van der Waals surface area contributed by atoms with Crippen LogP contribution in [0.2, 0.25) is 0 Å². The largest absolute Gasteiger partial charge is 0.368 e. The lowest BCUT2D eigenvalue weighted by Crippen LogP contribution is -2.07. The van der Waals surface area contributed by atoms with E-state index < -0.39 is 0 Å². The lowest BCUT2D eigenvalue weighted by molar-refractivity contribution is 0.557. The maximum Gasteiger partial charge on any atom is 0.222 e. The number of nitrogens with two attached hydrogens (primary N) is 1. The maximum atomic E-state index is 13.3. The molecule has 23 heavy (non-hydrogen) atoms. The van der Waals surface area contributed by atoms with Gasteiger partial charge in [-0.05, 0) is 38.1 Å². The average molecular weight is 332 g/mol. The Labute approximate surface area is 137 Å². The third-order valence-corrected chi connectivity index (χ3v) is 4.25. The molecule has 8 heteroatoms. The summed E-state index contributed by atoms with van der Waals surface area (Å²) in [6, 6.07) is 8.42. The molecule has 0 radical (unpaired) electrons. The van der Waals surface area contributed by atoms with Crippen LogP contribution in [0.5, 0.6) is 0 Å². The molecule has 0 fully saturated rings. The first-order valence-corrected chi connectivity index (χ1v) is 8.17. The Morgan fingerprint density at radius 3 is 2.83 bits per heavy atom. The molecule has 0 saturated carbocycles. The standard InChI is InChI=1S/C15H17FN6S/c1-10(2)22-14(17)18-19-15(22)23-9-12-6-7-21(20-12)13-5-3-4-11(16)8-13/h3-8,10H,9H2,1-2H3,(H2,17,18). The average Bonchev–Trinajstić information content (AvgIpc) is 3.11. The molecule has 6 nitrogen and oxygen atoms in total. The molecule has 0 saturated heterocycles. The van der Waals surface area contributed by atoms with Gasteiger partial charge in [-0.2, -0.15) is 5.10 Å². The number of hydrogen-bond acceptors (Lipinski definition) is 5. The lowest BCUT2D eigenvalue weighted by Gasteiger charge is -2.10. The van der Waals surface area contributed by atoms with Gasteiger partial charge >= 0.3 is 0 Å². The van der Waals surface area contributed by atoms with E-state index in [2.05, 4.69) is 15.3 Å². The summed E-state index contributed by atoms with van der Waals surface area (Å²) in [5.74, 6) is 0.759. The van der Waals surface area contributed by atoms with Crippen LogP contribution in [-0.4, -0.2) is 24.5 Å². The number of halogens is 1. The van der Waals surface area contributed by atoms with Gasteiger partial charge in [0.2, 0.25) is 5.95 Å². The second-order valence-corrected chi connectivity index (χ2v) is 6.27. The number of thioether (sulfide) groups is 1. The van der Waals surface area contributed by atoms with E-state index in [-0.39, 0.29) is 11.9 Å². The van der Waals surface area contributed by atoms with Gasteiger partial charge in [-0.3, -0.25) is 4.57 Å². The predicted octanol–water partition coefficient (Wildman–Crippen LogP) is 3.06. The Bertz CT molecular complexity index is 810. The number of aromatic nitrogens is 5. The van der Waals surface area contributed by atoms with Crippen LogP contribution in [0.15, 0.2) is 41.7 Å². The highest BCUT2D eigenvalue weighted by Gasteiger charge is 2.13. The van der Waals surface area contributed by atoms with Crippen LogP contribution < -0.4 is 5.73 Å². The van der Waals surface area contributed by atoms with Crippen molar-refractivity contribution in [3.8, 4) is 5.69 Å². The zero-order valence-electron chi connectivity index (χ0n) is 12.8. The van der Waals surface area contributed by atoms with Crippen LogP contribution in [0, 0.1) is 5.82 Å². The highest BCUT2D eigenvalue weighted by atomic mass is 32.2. The monoisotopic (exact) mass is 332 g/mol. The normalized spacial score (nSPS) is 11.3. The van der Waals surface area contributed by atoms with Crippen molar-refractivity contribution in [2.75, 3.05) is 5.73 Å². The van der Waals surface area contributed by atoms with Crippen molar-refractivity contribution in [2.45, 2.75) is 30.8 Å². The third kappa shape index (κ3) is 3.37. The fourth-order valence-corrected chi connectivity index (χ4v) is 3.18. The van der Waals surface area contributed by atoms with Gasteiger partial charge in [0.25, 0.3) is 0 Å². The summed E-state index contributed by atoms with van der Waals surface area (Å²) in [5.41, 5.74) is 7.39. The molecule has 0 atom stereocenters. The molecule has 2 aromatic heterocycles. The van der Waals surface area contributed by atoms with Crippen LogP contribution >= 0.6 is 11.8 Å². The molecule has 0 amide bonds. The summed E-state index contributed by atoms with van der Waals surface area (Å²) in [7, 11) is 0. The van der Waals surface area contributed by atoms with Gasteiger partial charge in [-0.25, -0.2) is 9.07 Å². The first-order chi connectivity index (χ1) is 11.0. The van der Waals surface area contributed by atoms with E-state index in [9.17, 15) is 4.39 Å². The van der Waals surface area contributed by atoms with Crippen molar-refractivity contribution >= 4 is 17.7 Å². The number of rotatable bonds is 5. The van der Waals surface area contributed by atoms with Crippen LogP contribution in [0.4, 0.5) is 10.3 Å². The Morgan fingerprint density at radius 1 is 1.26 bits per heavy atom. The molecule has 120 valence electrons. The van der Waals surface area contributed by atoms with E-state index in [0.29, 0.717) is 17.4 Å². The van der Waals surface area contributed by atoms with Crippen molar-refractivity contribution in [3.63, 3.8) is 0 Å². The van der Waals surface area contributed by atoms with E-state index in [1.807, 2.05) is 36.7 Å². The third-order valence-electron chi connectivity index (χ3n) is 3.27. The van der Waals surface area contributed by atoms with Crippen LogP contribution in [0.25, 0.3) is 5.69 Å². The highest BCUT2D eigenvalue weighted by molar-refractivity contribution is 7.98. The first kappa shape index (κ1) is 15.5. The molecule has 3 rings (SSSR count). The Balaban J connectivity index is 1.73. The zero-order chi connectivity index (χ0) is 16.4. The van der Waals surface area contributed by atoms with Gasteiger partial charge in [0.1, 0.15) is 5.82 Å². The first-order valence-electron chi connectivity index (χ1n) is 7.18. The number of hydrogen-bond donors (Lipinski definition) is 1. The summed E-state index contributed by atoms with van der Waals surface area (Å²) in [6.45, 7) is 4.06. The molecular weight excluding hydrogens is 315 g/mol.